The van der Waals surface area contributed by atoms with E-state index in [0.29, 0.717) is 12.0 Å². The topological polar surface area (TPSA) is 85.1 Å². The molecule has 1 atom stereocenters. The lowest BCUT2D eigenvalue weighted by Crippen LogP contribution is -2.46. The van der Waals surface area contributed by atoms with E-state index in [9.17, 15) is 9.59 Å². The van der Waals surface area contributed by atoms with Crippen LogP contribution in [-0.2, 0) is 11.2 Å². The van der Waals surface area contributed by atoms with E-state index in [1.54, 1.807) is 0 Å². The fourth-order valence-electron chi connectivity index (χ4n) is 3.50. The maximum Gasteiger partial charge on any atom is 0.253 e. The van der Waals surface area contributed by atoms with Crippen molar-refractivity contribution in [1.82, 2.24) is 10.3 Å². The summed E-state index contributed by atoms with van der Waals surface area (Å²) in [6.45, 7) is 2.00. The van der Waals surface area contributed by atoms with Crippen LogP contribution in [0, 0.1) is 6.92 Å². The highest BCUT2D eigenvalue weighted by Gasteiger charge is 2.22. The third-order valence-corrected chi connectivity index (χ3v) is 5.02. The Bertz CT molecular complexity index is 1160. The Morgan fingerprint density at radius 2 is 1.45 bits per heavy atom. The zero-order chi connectivity index (χ0) is 20.4. The number of nitrogens with two attached hydrogens (primary N) is 1. The standard InChI is InChI=1S/C24H21N3O2/c1-15-10-12-16(13-11-15)14-21(23(25)28)27-24(29)22-17-6-2-4-8-19(17)26-20-9-5-3-7-18(20)22/h2-13,21H,14H2,1H3,(H2,25,28)(H,27,29)/t21-/m0/s1. The Morgan fingerprint density at radius 3 is 2.00 bits per heavy atom. The second-order valence-corrected chi connectivity index (χ2v) is 7.14. The lowest BCUT2D eigenvalue weighted by Gasteiger charge is -2.17. The molecule has 1 aromatic heterocycles. The van der Waals surface area contributed by atoms with Gasteiger partial charge in [0, 0.05) is 17.2 Å². The number of primary amides is 1. The van der Waals surface area contributed by atoms with Crippen LogP contribution < -0.4 is 11.1 Å². The van der Waals surface area contributed by atoms with E-state index in [2.05, 4.69) is 10.3 Å². The van der Waals surface area contributed by atoms with Gasteiger partial charge in [-0.25, -0.2) is 4.98 Å². The second kappa shape index (κ2) is 7.72. The fourth-order valence-corrected chi connectivity index (χ4v) is 3.50. The smallest absolute Gasteiger partial charge is 0.253 e. The summed E-state index contributed by atoms with van der Waals surface area (Å²) < 4.78 is 0. The van der Waals surface area contributed by atoms with E-state index in [0.717, 1.165) is 32.9 Å². The molecule has 144 valence electrons. The number of amides is 2. The number of aromatic nitrogens is 1. The SMILES string of the molecule is Cc1ccc(C[C@H](NC(=O)c2c3ccccc3nc3ccccc23)C(N)=O)cc1. The minimum atomic E-state index is -0.809. The van der Waals surface area contributed by atoms with Crippen LogP contribution in [0.1, 0.15) is 21.5 Å². The molecule has 0 saturated carbocycles. The van der Waals surface area contributed by atoms with Crippen LogP contribution >= 0.6 is 0 Å². The molecule has 0 saturated heterocycles. The van der Waals surface area contributed by atoms with Crippen LogP contribution in [0.3, 0.4) is 0 Å². The van der Waals surface area contributed by atoms with Crippen molar-refractivity contribution in [2.75, 3.05) is 0 Å². The third kappa shape index (κ3) is 3.80. The van der Waals surface area contributed by atoms with Crippen molar-refractivity contribution < 1.29 is 9.59 Å². The predicted molar refractivity (Wildman–Crippen MR) is 115 cm³/mol. The monoisotopic (exact) mass is 383 g/mol. The largest absolute Gasteiger partial charge is 0.368 e. The van der Waals surface area contributed by atoms with Crippen LogP contribution in [-0.4, -0.2) is 22.8 Å². The normalized spacial score (nSPS) is 12.0. The molecule has 5 heteroatoms. The van der Waals surface area contributed by atoms with Crippen LogP contribution in [0.5, 0.6) is 0 Å². The van der Waals surface area contributed by atoms with Gasteiger partial charge in [-0.1, -0.05) is 66.2 Å². The van der Waals surface area contributed by atoms with Gasteiger partial charge < -0.3 is 11.1 Å². The summed E-state index contributed by atoms with van der Waals surface area (Å²) in [6, 6.07) is 22.0. The zero-order valence-corrected chi connectivity index (χ0v) is 16.1. The number of carbonyl (C=O) groups excluding carboxylic acids is 2. The Morgan fingerprint density at radius 1 is 0.897 bits per heavy atom. The summed E-state index contributed by atoms with van der Waals surface area (Å²) >= 11 is 0. The fraction of sp³-hybridized carbons (Fsp3) is 0.125. The number of carbonyl (C=O) groups is 2. The van der Waals surface area contributed by atoms with Gasteiger partial charge in [-0.05, 0) is 24.6 Å². The summed E-state index contributed by atoms with van der Waals surface area (Å²) in [5.74, 6) is -0.905. The number of para-hydroxylation sites is 2. The number of rotatable bonds is 5. The molecule has 0 bridgehead atoms. The number of hydrogen-bond donors (Lipinski definition) is 2. The van der Waals surface area contributed by atoms with E-state index < -0.39 is 11.9 Å². The number of pyridine rings is 1. The van der Waals surface area contributed by atoms with E-state index in [4.69, 9.17) is 5.73 Å². The highest BCUT2D eigenvalue weighted by Crippen LogP contribution is 2.26. The molecular formula is C24H21N3O2. The molecule has 0 aliphatic rings. The van der Waals surface area contributed by atoms with Gasteiger partial charge in [-0.15, -0.1) is 0 Å². The molecule has 0 spiro atoms. The van der Waals surface area contributed by atoms with Crippen molar-refractivity contribution >= 4 is 33.6 Å². The molecule has 0 radical (unpaired) electrons. The quantitative estimate of drug-likeness (QED) is 0.517. The third-order valence-electron chi connectivity index (χ3n) is 5.02. The van der Waals surface area contributed by atoms with Gasteiger partial charge in [0.15, 0.2) is 0 Å². The number of nitrogens with one attached hydrogen (secondary N) is 1. The Labute approximate surface area is 168 Å². The van der Waals surface area contributed by atoms with Gasteiger partial charge in [0.25, 0.3) is 5.91 Å². The van der Waals surface area contributed by atoms with Crippen molar-refractivity contribution in [3.63, 3.8) is 0 Å². The van der Waals surface area contributed by atoms with Crippen molar-refractivity contribution in [2.45, 2.75) is 19.4 Å². The Kier molecular flexibility index (Phi) is 4.96. The molecule has 0 unspecified atom stereocenters. The van der Waals surface area contributed by atoms with Crippen LogP contribution in [0.15, 0.2) is 72.8 Å². The van der Waals surface area contributed by atoms with Crippen molar-refractivity contribution in [2.24, 2.45) is 5.73 Å². The van der Waals surface area contributed by atoms with Crippen LogP contribution in [0.2, 0.25) is 0 Å². The van der Waals surface area contributed by atoms with E-state index in [1.165, 1.54) is 0 Å². The van der Waals surface area contributed by atoms with Crippen molar-refractivity contribution in [3.8, 4) is 0 Å². The first-order chi connectivity index (χ1) is 14.0. The summed E-state index contributed by atoms with van der Waals surface area (Å²) in [7, 11) is 0. The van der Waals surface area contributed by atoms with Crippen molar-refractivity contribution in [1.29, 1.82) is 0 Å². The first kappa shape index (κ1) is 18.6. The van der Waals surface area contributed by atoms with Gasteiger partial charge in [0.2, 0.25) is 5.91 Å². The number of aryl methyl sites for hydroxylation is 1. The molecule has 4 aromatic rings. The average Bonchev–Trinajstić information content (AvgIpc) is 2.72. The summed E-state index contributed by atoms with van der Waals surface area (Å²) in [5, 5.41) is 4.32. The van der Waals surface area contributed by atoms with Gasteiger partial charge in [0.05, 0.1) is 16.6 Å². The maximum atomic E-state index is 13.3. The summed E-state index contributed by atoms with van der Waals surface area (Å²) in [5.41, 5.74) is 9.62. The highest BCUT2D eigenvalue weighted by molar-refractivity contribution is 6.16. The molecule has 0 fully saturated rings. The predicted octanol–water partition coefficient (Wildman–Crippen LogP) is 3.52. The first-order valence-electron chi connectivity index (χ1n) is 9.46. The molecule has 1 heterocycles. The molecule has 5 nitrogen and oxygen atoms in total. The molecular weight excluding hydrogens is 362 g/mol. The van der Waals surface area contributed by atoms with Gasteiger partial charge >= 0.3 is 0 Å². The molecule has 29 heavy (non-hydrogen) atoms. The molecule has 3 aromatic carbocycles. The Balaban J connectivity index is 1.73. The molecule has 0 aliphatic carbocycles. The number of nitrogens with zero attached hydrogens (tertiary/aromatic N) is 1. The lowest BCUT2D eigenvalue weighted by molar-refractivity contribution is -0.119. The lowest BCUT2D eigenvalue weighted by atomic mass is 10.00. The van der Waals surface area contributed by atoms with E-state index in [-0.39, 0.29) is 5.91 Å². The van der Waals surface area contributed by atoms with Crippen molar-refractivity contribution in [3.05, 3.63) is 89.5 Å². The number of benzene rings is 3. The molecule has 0 aliphatic heterocycles. The maximum absolute atomic E-state index is 13.3. The van der Waals surface area contributed by atoms with Gasteiger partial charge in [0.1, 0.15) is 6.04 Å². The number of hydrogen-bond acceptors (Lipinski definition) is 3. The molecule has 3 N–H and O–H groups in total. The first-order valence-corrected chi connectivity index (χ1v) is 9.46. The van der Waals surface area contributed by atoms with Crippen LogP contribution in [0.25, 0.3) is 21.8 Å². The van der Waals surface area contributed by atoms with Crippen LogP contribution in [0.4, 0.5) is 0 Å². The van der Waals surface area contributed by atoms with Gasteiger partial charge in [-0.2, -0.15) is 0 Å². The minimum absolute atomic E-state index is 0.336. The summed E-state index contributed by atoms with van der Waals surface area (Å²) in [6.07, 6.45) is 0.336. The zero-order valence-electron chi connectivity index (χ0n) is 16.1. The molecule has 2 amide bonds. The minimum Gasteiger partial charge on any atom is -0.368 e. The second-order valence-electron chi connectivity index (χ2n) is 7.14. The van der Waals surface area contributed by atoms with Gasteiger partial charge in [-0.3, -0.25) is 9.59 Å². The highest BCUT2D eigenvalue weighted by atomic mass is 16.2. The van der Waals surface area contributed by atoms with E-state index in [1.807, 2.05) is 79.7 Å². The number of fused-ring (bicyclic) bond motifs is 2. The average molecular weight is 383 g/mol. The molecule has 4 rings (SSSR count). The van der Waals surface area contributed by atoms with E-state index >= 15 is 0 Å². The summed E-state index contributed by atoms with van der Waals surface area (Å²) in [4.78, 5) is 30.0. The Hall–Kier alpha value is -3.73.